The molecule has 0 aliphatic carbocycles. The van der Waals surface area contributed by atoms with Crippen LogP contribution in [0.25, 0.3) is 5.76 Å². The zero-order valence-corrected chi connectivity index (χ0v) is 18.5. The van der Waals surface area contributed by atoms with Gasteiger partial charge in [-0.15, -0.1) is 0 Å². The quantitative estimate of drug-likeness (QED) is 0.256. The van der Waals surface area contributed by atoms with E-state index < -0.39 is 17.7 Å². The Kier molecular flexibility index (Phi) is 7.74. The number of nitrogens with zero attached hydrogens (tertiary/aromatic N) is 1. The number of hydrogen-bond donors (Lipinski definition) is 2. The Labute approximate surface area is 190 Å². The van der Waals surface area contributed by atoms with Crippen LogP contribution >= 0.6 is 11.6 Å². The van der Waals surface area contributed by atoms with E-state index in [-0.39, 0.29) is 37.7 Å². The molecular formula is C23H24ClNO7. The number of methoxy groups -OCH3 is 2. The minimum Gasteiger partial charge on any atom is -0.507 e. The Morgan fingerprint density at radius 3 is 2.41 bits per heavy atom. The van der Waals surface area contributed by atoms with Crippen LogP contribution in [0.1, 0.15) is 17.2 Å². The number of carbonyl (C=O) groups is 2. The molecule has 32 heavy (non-hydrogen) atoms. The predicted octanol–water partition coefficient (Wildman–Crippen LogP) is 2.79. The first kappa shape index (κ1) is 23.6. The van der Waals surface area contributed by atoms with Crippen molar-refractivity contribution in [3.05, 3.63) is 64.2 Å². The van der Waals surface area contributed by atoms with Gasteiger partial charge in [-0.2, -0.15) is 0 Å². The van der Waals surface area contributed by atoms with Gasteiger partial charge in [0.05, 0.1) is 45.7 Å². The molecule has 170 valence electrons. The first-order valence-corrected chi connectivity index (χ1v) is 10.3. The first-order valence-electron chi connectivity index (χ1n) is 9.87. The minimum atomic E-state index is -0.913. The summed E-state index contributed by atoms with van der Waals surface area (Å²) in [7, 11) is 2.98. The van der Waals surface area contributed by atoms with Crippen LogP contribution in [0.3, 0.4) is 0 Å². The molecule has 0 spiro atoms. The van der Waals surface area contributed by atoms with E-state index in [0.29, 0.717) is 27.6 Å². The number of carbonyl (C=O) groups excluding carboxylic acids is 2. The Hall–Kier alpha value is -3.07. The zero-order valence-electron chi connectivity index (χ0n) is 17.7. The third-order valence-corrected chi connectivity index (χ3v) is 5.36. The van der Waals surface area contributed by atoms with Crippen LogP contribution in [0, 0.1) is 0 Å². The molecule has 2 N–H and O–H groups in total. The smallest absolute Gasteiger partial charge is 0.295 e. The summed E-state index contributed by atoms with van der Waals surface area (Å²) < 4.78 is 16.0. The molecule has 0 aromatic heterocycles. The third-order valence-electron chi connectivity index (χ3n) is 5.11. The number of rotatable bonds is 9. The highest BCUT2D eigenvalue weighted by molar-refractivity contribution is 6.46. The summed E-state index contributed by atoms with van der Waals surface area (Å²) >= 11 is 5.94. The molecule has 1 fully saturated rings. The van der Waals surface area contributed by atoms with Gasteiger partial charge in [-0.25, -0.2) is 0 Å². The second-order valence-corrected chi connectivity index (χ2v) is 7.38. The number of Topliss-reactive ketones (excluding diaryl/α,β-unsaturated/α-hetero) is 1. The number of ether oxygens (including phenoxy) is 3. The van der Waals surface area contributed by atoms with E-state index in [4.69, 9.17) is 30.9 Å². The van der Waals surface area contributed by atoms with E-state index in [2.05, 4.69) is 0 Å². The lowest BCUT2D eigenvalue weighted by atomic mass is 9.94. The van der Waals surface area contributed by atoms with Gasteiger partial charge in [0.25, 0.3) is 11.7 Å². The van der Waals surface area contributed by atoms with Crippen molar-refractivity contribution in [3.8, 4) is 11.5 Å². The fourth-order valence-electron chi connectivity index (χ4n) is 3.57. The summed E-state index contributed by atoms with van der Waals surface area (Å²) in [5.74, 6) is -0.980. The fraction of sp³-hybridized carbons (Fsp3) is 0.304. The largest absolute Gasteiger partial charge is 0.507 e. The van der Waals surface area contributed by atoms with E-state index in [1.54, 1.807) is 42.5 Å². The van der Waals surface area contributed by atoms with E-state index in [9.17, 15) is 14.7 Å². The number of aliphatic hydroxyl groups excluding tert-OH is 2. The van der Waals surface area contributed by atoms with E-state index >= 15 is 0 Å². The molecule has 1 atom stereocenters. The van der Waals surface area contributed by atoms with Gasteiger partial charge in [0.2, 0.25) is 0 Å². The Balaban J connectivity index is 2.14. The summed E-state index contributed by atoms with van der Waals surface area (Å²) in [6.45, 7) is 0.113. The molecule has 2 aromatic rings. The lowest BCUT2D eigenvalue weighted by Crippen LogP contribution is -2.33. The number of ketones is 1. The summed E-state index contributed by atoms with van der Waals surface area (Å²) in [6, 6.07) is 10.4. The van der Waals surface area contributed by atoms with Crippen molar-refractivity contribution >= 4 is 29.1 Å². The molecule has 0 saturated carbocycles. The van der Waals surface area contributed by atoms with Crippen LogP contribution in [0.15, 0.2) is 48.0 Å². The SMILES string of the molecule is COc1ccc(C2/C(=C(\O)c3ccc(Cl)cc3)C(=O)C(=O)N2CCOCCO)c(OC)c1. The maximum absolute atomic E-state index is 13.0. The average molecular weight is 462 g/mol. The second-order valence-electron chi connectivity index (χ2n) is 6.94. The standard InChI is InChI=1S/C23H24ClNO7/c1-30-16-7-8-17(18(13-16)31-2)20-19(21(27)14-3-5-15(24)6-4-14)22(28)23(29)25(20)9-11-32-12-10-26/h3-8,13,20,26-27H,9-12H2,1-2H3/b21-19+. The lowest BCUT2D eigenvalue weighted by molar-refractivity contribution is -0.140. The molecule has 1 aliphatic heterocycles. The maximum atomic E-state index is 13.0. The predicted molar refractivity (Wildman–Crippen MR) is 118 cm³/mol. The molecule has 1 aliphatic rings. The third kappa shape index (κ3) is 4.72. The van der Waals surface area contributed by atoms with Gasteiger partial charge in [0.1, 0.15) is 17.3 Å². The van der Waals surface area contributed by atoms with E-state index in [1.807, 2.05) is 0 Å². The van der Waals surface area contributed by atoms with Crippen molar-refractivity contribution in [2.75, 3.05) is 40.6 Å². The number of benzene rings is 2. The number of hydrogen-bond acceptors (Lipinski definition) is 7. The molecule has 1 heterocycles. The van der Waals surface area contributed by atoms with Crippen molar-refractivity contribution in [1.29, 1.82) is 0 Å². The molecule has 1 unspecified atom stereocenters. The summed E-state index contributed by atoms with van der Waals surface area (Å²) in [5.41, 5.74) is 0.787. The number of halogens is 1. The van der Waals surface area contributed by atoms with Crippen LogP contribution in [-0.4, -0.2) is 67.4 Å². The Morgan fingerprint density at radius 2 is 1.78 bits per heavy atom. The molecule has 1 saturated heterocycles. The monoisotopic (exact) mass is 461 g/mol. The van der Waals surface area contributed by atoms with Gasteiger partial charge in [-0.05, 0) is 36.4 Å². The highest BCUT2D eigenvalue weighted by Crippen LogP contribution is 2.43. The van der Waals surface area contributed by atoms with Crippen molar-refractivity contribution in [3.63, 3.8) is 0 Å². The van der Waals surface area contributed by atoms with Gasteiger partial charge >= 0.3 is 0 Å². The number of likely N-dealkylation sites (tertiary alicyclic amines) is 1. The van der Waals surface area contributed by atoms with Gasteiger partial charge in [-0.1, -0.05) is 11.6 Å². The summed E-state index contributed by atoms with van der Waals surface area (Å²) in [4.78, 5) is 27.3. The number of amides is 1. The minimum absolute atomic E-state index is 0.0667. The highest BCUT2D eigenvalue weighted by Gasteiger charge is 2.47. The van der Waals surface area contributed by atoms with Crippen LogP contribution in [0.4, 0.5) is 0 Å². The molecule has 3 rings (SSSR count). The summed E-state index contributed by atoms with van der Waals surface area (Å²) in [5, 5.41) is 20.4. The average Bonchev–Trinajstić information content (AvgIpc) is 3.06. The van der Waals surface area contributed by atoms with Gasteiger partial charge < -0.3 is 29.3 Å². The molecule has 0 radical (unpaired) electrons. The second kappa shape index (κ2) is 10.5. The van der Waals surface area contributed by atoms with Crippen LogP contribution in [0.2, 0.25) is 5.02 Å². The molecule has 1 amide bonds. The fourth-order valence-corrected chi connectivity index (χ4v) is 3.70. The number of aliphatic hydroxyl groups is 2. The molecular weight excluding hydrogens is 438 g/mol. The van der Waals surface area contributed by atoms with Crippen LogP contribution in [0.5, 0.6) is 11.5 Å². The van der Waals surface area contributed by atoms with Crippen LogP contribution < -0.4 is 9.47 Å². The van der Waals surface area contributed by atoms with Crippen molar-refractivity contribution in [2.45, 2.75) is 6.04 Å². The van der Waals surface area contributed by atoms with Crippen molar-refractivity contribution < 1.29 is 34.0 Å². The van der Waals surface area contributed by atoms with Gasteiger partial charge in [0.15, 0.2) is 0 Å². The Bertz CT molecular complexity index is 1020. The molecule has 2 aromatic carbocycles. The normalized spacial score (nSPS) is 17.6. The van der Waals surface area contributed by atoms with Gasteiger partial charge in [-0.3, -0.25) is 9.59 Å². The maximum Gasteiger partial charge on any atom is 0.295 e. The van der Waals surface area contributed by atoms with Crippen molar-refractivity contribution in [1.82, 2.24) is 4.90 Å². The molecule has 9 heteroatoms. The highest BCUT2D eigenvalue weighted by atomic mass is 35.5. The van der Waals surface area contributed by atoms with Crippen molar-refractivity contribution in [2.24, 2.45) is 0 Å². The van der Waals surface area contributed by atoms with Crippen LogP contribution in [-0.2, 0) is 14.3 Å². The van der Waals surface area contributed by atoms with E-state index in [0.717, 1.165) is 0 Å². The molecule has 8 nitrogen and oxygen atoms in total. The lowest BCUT2D eigenvalue weighted by Gasteiger charge is -2.26. The van der Waals surface area contributed by atoms with Gasteiger partial charge in [0, 0.05) is 28.8 Å². The Morgan fingerprint density at radius 1 is 1.06 bits per heavy atom. The topological polar surface area (TPSA) is 106 Å². The summed E-state index contributed by atoms with van der Waals surface area (Å²) in [6.07, 6.45) is 0. The van der Waals surface area contributed by atoms with E-state index in [1.165, 1.54) is 19.1 Å². The first-order chi connectivity index (χ1) is 15.4. The molecule has 0 bridgehead atoms. The zero-order chi connectivity index (χ0) is 23.3.